The van der Waals surface area contributed by atoms with E-state index in [0.717, 1.165) is 16.0 Å². The number of hydrogen-bond donors (Lipinski definition) is 2. The number of nitrogens with zero attached hydrogens (tertiary/aromatic N) is 3. The Labute approximate surface area is 254 Å². The van der Waals surface area contributed by atoms with Gasteiger partial charge in [0.15, 0.2) is 0 Å². The summed E-state index contributed by atoms with van der Waals surface area (Å²) in [6, 6.07) is 10.9. The third-order valence-corrected chi connectivity index (χ3v) is 9.19. The lowest BCUT2D eigenvalue weighted by molar-refractivity contribution is -0.143. The van der Waals surface area contributed by atoms with Crippen molar-refractivity contribution in [2.75, 3.05) is 19.3 Å². The van der Waals surface area contributed by atoms with Gasteiger partial charge in [-0.1, -0.05) is 59.1 Å². The number of thioether (sulfide) groups is 1. The number of benzene rings is 2. The number of imidazole rings is 1. The number of aryl methyl sites for hydroxylation is 2. The van der Waals surface area contributed by atoms with Crippen molar-refractivity contribution >= 4 is 52.7 Å². The molecule has 8 nitrogen and oxygen atoms in total. The fourth-order valence-electron chi connectivity index (χ4n) is 4.91. The van der Waals surface area contributed by atoms with E-state index in [2.05, 4.69) is 10.3 Å². The molecule has 0 aliphatic carbocycles. The van der Waals surface area contributed by atoms with Gasteiger partial charge in [0, 0.05) is 49.5 Å². The highest BCUT2D eigenvalue weighted by Gasteiger charge is 2.30. The van der Waals surface area contributed by atoms with Crippen LogP contribution in [-0.2, 0) is 33.8 Å². The lowest BCUT2D eigenvalue weighted by atomic mass is 9.95. The number of nitrogens with one attached hydrogen (secondary N) is 1. The molecule has 1 aliphatic heterocycles. The molecule has 0 saturated carbocycles. The number of carbonyl (C=O) groups is 3. The Morgan fingerprint density at radius 2 is 1.80 bits per heavy atom. The number of carbonyl (C=O) groups excluding carboxylic acids is 2. The van der Waals surface area contributed by atoms with Gasteiger partial charge in [-0.3, -0.25) is 9.59 Å². The number of likely N-dealkylation sites (tertiary alicyclic amines) is 1. The number of aromatic nitrogens is 2. The molecule has 2 amide bonds. The molecule has 0 radical (unpaired) electrons. The molecule has 218 valence electrons. The van der Waals surface area contributed by atoms with Crippen molar-refractivity contribution in [2.45, 2.75) is 56.5 Å². The van der Waals surface area contributed by atoms with Crippen molar-refractivity contribution in [2.24, 2.45) is 5.92 Å². The van der Waals surface area contributed by atoms with Crippen LogP contribution in [0.3, 0.4) is 0 Å². The van der Waals surface area contributed by atoms with Crippen LogP contribution in [0.2, 0.25) is 10.0 Å². The van der Waals surface area contributed by atoms with E-state index >= 15 is 0 Å². The Morgan fingerprint density at radius 3 is 2.46 bits per heavy atom. The summed E-state index contributed by atoms with van der Waals surface area (Å²) in [6.45, 7) is 3.54. The van der Waals surface area contributed by atoms with Crippen molar-refractivity contribution in [1.82, 2.24) is 19.8 Å². The first-order valence-corrected chi connectivity index (χ1v) is 15.5. The molecule has 4 rings (SSSR count). The first-order valence-electron chi connectivity index (χ1n) is 13.5. The van der Waals surface area contributed by atoms with Crippen molar-refractivity contribution in [1.29, 1.82) is 0 Å². The average Bonchev–Trinajstić information content (AvgIpc) is 3.41. The number of hydrogen-bond acceptors (Lipinski definition) is 5. The molecule has 2 aromatic carbocycles. The lowest BCUT2D eigenvalue weighted by Gasteiger charge is -2.32. The number of amides is 2. The molecule has 11 heteroatoms. The number of carboxylic acid groups (broad SMARTS) is 1. The van der Waals surface area contributed by atoms with Crippen molar-refractivity contribution in [3.05, 3.63) is 81.4 Å². The average molecular weight is 618 g/mol. The molecule has 1 atom stereocenters. The van der Waals surface area contributed by atoms with E-state index in [1.54, 1.807) is 11.2 Å². The summed E-state index contributed by atoms with van der Waals surface area (Å²) >= 11 is 14.2. The minimum absolute atomic E-state index is 0.00498. The summed E-state index contributed by atoms with van der Waals surface area (Å²) in [5, 5.41) is 13.4. The van der Waals surface area contributed by atoms with Gasteiger partial charge in [-0.2, -0.15) is 0 Å². The van der Waals surface area contributed by atoms with E-state index in [4.69, 9.17) is 23.2 Å². The molecular weight excluding hydrogens is 583 g/mol. The fraction of sp³-hybridized carbons (Fsp3) is 0.400. The van der Waals surface area contributed by atoms with Crippen LogP contribution in [0.5, 0.6) is 0 Å². The van der Waals surface area contributed by atoms with Gasteiger partial charge in [0.2, 0.25) is 11.8 Å². The maximum Gasteiger partial charge on any atom is 0.326 e. The first-order chi connectivity index (χ1) is 19.6. The standard InChI is InChI=1S/C30H34Cl2N4O4S/c1-19-3-5-20(6-4-19)16-35-17-23(33-18-35)15-24(30(39)40)34-29(38)22-11-13-36(14-12-22)26(37)10-8-21-7-9-25(41-2)28(32)27(21)31/h3-7,9,17-18,22,24H,8,10-16H2,1-2H3,(H,34,38)(H,39,40)/t24-/m0/s1. The van der Waals surface area contributed by atoms with E-state index in [9.17, 15) is 19.5 Å². The van der Waals surface area contributed by atoms with Crippen LogP contribution >= 0.6 is 35.0 Å². The van der Waals surface area contributed by atoms with Crippen molar-refractivity contribution in [3.63, 3.8) is 0 Å². The number of aliphatic carboxylic acids is 1. The zero-order valence-electron chi connectivity index (χ0n) is 23.1. The van der Waals surface area contributed by atoms with Gasteiger partial charge in [-0.25, -0.2) is 9.78 Å². The SMILES string of the molecule is CSc1ccc(CCC(=O)N2CCC(C(=O)N[C@@H](Cc3cn(Cc4ccc(C)cc4)cn3)C(=O)O)CC2)c(Cl)c1Cl. The van der Waals surface area contributed by atoms with E-state index in [0.29, 0.717) is 61.1 Å². The number of rotatable bonds is 11. The molecule has 41 heavy (non-hydrogen) atoms. The van der Waals surface area contributed by atoms with Crippen LogP contribution in [-0.4, -0.2) is 62.7 Å². The third-order valence-electron chi connectivity index (χ3n) is 7.37. The molecular formula is C30H34Cl2N4O4S. The molecule has 1 saturated heterocycles. The Bertz CT molecular complexity index is 1390. The summed E-state index contributed by atoms with van der Waals surface area (Å²) in [5.74, 6) is -1.77. The maximum absolute atomic E-state index is 13.0. The summed E-state index contributed by atoms with van der Waals surface area (Å²) in [7, 11) is 0. The van der Waals surface area contributed by atoms with Gasteiger partial charge in [-0.15, -0.1) is 11.8 Å². The molecule has 0 bridgehead atoms. The molecule has 0 unspecified atom stereocenters. The van der Waals surface area contributed by atoms with E-state index < -0.39 is 12.0 Å². The first kappa shape index (κ1) is 30.9. The van der Waals surface area contributed by atoms with Crippen molar-refractivity contribution in [3.8, 4) is 0 Å². The molecule has 2 heterocycles. The molecule has 2 N–H and O–H groups in total. The number of piperidine rings is 1. The van der Waals surface area contributed by atoms with Crippen LogP contribution in [0.15, 0.2) is 53.8 Å². The summed E-state index contributed by atoms with van der Waals surface area (Å²) in [4.78, 5) is 44.7. The van der Waals surface area contributed by atoms with Crippen LogP contribution in [0.25, 0.3) is 0 Å². The molecule has 3 aromatic rings. The minimum Gasteiger partial charge on any atom is -0.480 e. The van der Waals surface area contributed by atoms with E-state index in [1.807, 2.05) is 60.3 Å². The Balaban J connectivity index is 1.25. The van der Waals surface area contributed by atoms with Crippen LogP contribution in [0, 0.1) is 12.8 Å². The minimum atomic E-state index is -1.11. The van der Waals surface area contributed by atoms with Gasteiger partial charge in [0.05, 0.1) is 22.1 Å². The maximum atomic E-state index is 13.0. The Morgan fingerprint density at radius 1 is 1.10 bits per heavy atom. The second kappa shape index (κ2) is 14.2. The van der Waals surface area contributed by atoms with Gasteiger partial charge < -0.3 is 19.9 Å². The predicted molar refractivity (Wildman–Crippen MR) is 162 cm³/mol. The zero-order chi connectivity index (χ0) is 29.5. The van der Waals surface area contributed by atoms with Crippen LogP contribution in [0.1, 0.15) is 41.6 Å². The molecule has 1 fully saturated rings. The normalized spacial score (nSPS) is 14.6. The largest absolute Gasteiger partial charge is 0.480 e. The summed E-state index contributed by atoms with van der Waals surface area (Å²) < 4.78 is 1.90. The van der Waals surface area contributed by atoms with E-state index in [-0.39, 0.29) is 24.2 Å². The highest BCUT2D eigenvalue weighted by molar-refractivity contribution is 7.98. The molecule has 1 aromatic heterocycles. The smallest absolute Gasteiger partial charge is 0.326 e. The van der Waals surface area contributed by atoms with Gasteiger partial charge in [-0.05, 0) is 49.6 Å². The Hall–Kier alpha value is -3.01. The summed E-state index contributed by atoms with van der Waals surface area (Å²) in [5.41, 5.74) is 3.72. The Kier molecular flexibility index (Phi) is 10.8. The van der Waals surface area contributed by atoms with Crippen molar-refractivity contribution < 1.29 is 19.5 Å². The lowest BCUT2D eigenvalue weighted by Crippen LogP contribution is -2.48. The van der Waals surface area contributed by atoms with E-state index in [1.165, 1.54) is 17.3 Å². The monoisotopic (exact) mass is 616 g/mol. The van der Waals surface area contributed by atoms with Crippen LogP contribution < -0.4 is 5.32 Å². The number of halogens is 2. The highest BCUT2D eigenvalue weighted by Crippen LogP contribution is 2.35. The number of carboxylic acids is 1. The van der Waals surface area contributed by atoms with Gasteiger partial charge in [0.25, 0.3) is 0 Å². The third kappa shape index (κ3) is 8.27. The quantitative estimate of drug-likeness (QED) is 0.285. The van der Waals surface area contributed by atoms with Gasteiger partial charge in [0.1, 0.15) is 6.04 Å². The molecule has 0 spiro atoms. The second-order valence-electron chi connectivity index (χ2n) is 10.3. The predicted octanol–water partition coefficient (Wildman–Crippen LogP) is 5.25. The second-order valence-corrected chi connectivity index (χ2v) is 11.9. The van der Waals surface area contributed by atoms with Crippen LogP contribution in [0.4, 0.5) is 0 Å². The zero-order valence-corrected chi connectivity index (χ0v) is 25.4. The topological polar surface area (TPSA) is 105 Å². The molecule has 1 aliphatic rings. The van der Waals surface area contributed by atoms with Gasteiger partial charge >= 0.3 is 5.97 Å². The fourth-order valence-corrected chi connectivity index (χ4v) is 6.13. The summed E-state index contributed by atoms with van der Waals surface area (Å²) in [6.07, 6.45) is 7.22. The highest BCUT2D eigenvalue weighted by atomic mass is 35.5.